The van der Waals surface area contributed by atoms with Gasteiger partial charge >= 0.3 is 0 Å². The largest absolute Gasteiger partial charge is 0.370 e. The summed E-state index contributed by atoms with van der Waals surface area (Å²) in [6.07, 6.45) is 3.46. The van der Waals surface area contributed by atoms with Crippen molar-refractivity contribution >= 4 is 23.0 Å². The van der Waals surface area contributed by atoms with Crippen LogP contribution in [-0.4, -0.2) is 21.5 Å². The number of hydrogen-bond acceptors (Lipinski definition) is 6. The van der Waals surface area contributed by atoms with Crippen molar-refractivity contribution in [2.24, 2.45) is 0 Å². The Morgan fingerprint density at radius 3 is 2.44 bits per heavy atom. The summed E-state index contributed by atoms with van der Waals surface area (Å²) in [6, 6.07) is 0. The Morgan fingerprint density at radius 1 is 1.11 bits per heavy atom. The number of nitrogens with one attached hydrogen (secondary N) is 2. The monoisotopic (exact) mass is 263 g/mol. The van der Waals surface area contributed by atoms with Crippen molar-refractivity contribution in [1.29, 1.82) is 0 Å². The van der Waals surface area contributed by atoms with Crippen molar-refractivity contribution in [3.8, 4) is 0 Å². The van der Waals surface area contributed by atoms with Gasteiger partial charge in [0.15, 0.2) is 0 Å². The maximum absolute atomic E-state index is 4.32. The van der Waals surface area contributed by atoms with Crippen molar-refractivity contribution in [2.75, 3.05) is 17.2 Å². The van der Waals surface area contributed by atoms with Gasteiger partial charge in [0.2, 0.25) is 0 Å². The molecule has 18 heavy (non-hydrogen) atoms. The summed E-state index contributed by atoms with van der Waals surface area (Å²) in [6.45, 7) is 7.66. The molecule has 0 radical (unpaired) electrons. The third-order valence-electron chi connectivity index (χ3n) is 2.50. The third kappa shape index (κ3) is 2.95. The van der Waals surface area contributed by atoms with Crippen molar-refractivity contribution in [1.82, 2.24) is 15.0 Å². The summed E-state index contributed by atoms with van der Waals surface area (Å²) in [5, 5.41) is 7.58. The molecular weight excluding hydrogens is 246 g/mol. The minimum absolute atomic E-state index is 0.696. The van der Waals surface area contributed by atoms with E-state index >= 15 is 0 Å². The topological polar surface area (TPSA) is 62.7 Å². The maximum Gasteiger partial charge on any atom is 0.134 e. The highest BCUT2D eigenvalue weighted by Gasteiger charge is 2.06. The van der Waals surface area contributed by atoms with E-state index in [4.69, 9.17) is 0 Å². The lowest BCUT2D eigenvalue weighted by atomic mass is 10.3. The van der Waals surface area contributed by atoms with E-state index in [2.05, 4.69) is 32.5 Å². The lowest BCUT2D eigenvalue weighted by Crippen LogP contribution is -2.07. The van der Waals surface area contributed by atoms with Gasteiger partial charge < -0.3 is 10.6 Å². The molecule has 2 N–H and O–H groups in total. The Labute approximate surface area is 111 Å². The van der Waals surface area contributed by atoms with E-state index in [9.17, 15) is 0 Å². The van der Waals surface area contributed by atoms with Crippen molar-refractivity contribution < 1.29 is 0 Å². The Morgan fingerprint density at radius 2 is 1.83 bits per heavy atom. The van der Waals surface area contributed by atoms with Crippen LogP contribution in [0.4, 0.5) is 11.6 Å². The molecule has 0 unspecified atom stereocenters. The first-order valence-corrected chi connectivity index (χ1v) is 6.73. The number of aryl methyl sites for hydroxylation is 1. The summed E-state index contributed by atoms with van der Waals surface area (Å²) < 4.78 is 0. The quantitative estimate of drug-likeness (QED) is 0.868. The second-order valence-electron chi connectivity index (χ2n) is 3.94. The first-order valence-electron chi connectivity index (χ1n) is 5.91. The molecule has 2 heterocycles. The van der Waals surface area contributed by atoms with Gasteiger partial charge in [-0.25, -0.2) is 15.0 Å². The van der Waals surface area contributed by atoms with Crippen LogP contribution in [0.5, 0.6) is 0 Å². The molecule has 0 bridgehead atoms. The van der Waals surface area contributed by atoms with Crippen molar-refractivity contribution in [3.63, 3.8) is 0 Å². The molecule has 96 valence electrons. The minimum Gasteiger partial charge on any atom is -0.370 e. The molecular formula is C12H17N5S. The second kappa shape index (κ2) is 5.77. The fourth-order valence-corrected chi connectivity index (χ4v) is 2.34. The zero-order chi connectivity index (χ0) is 13.0. The van der Waals surface area contributed by atoms with Crippen LogP contribution in [0.3, 0.4) is 0 Å². The molecule has 2 aromatic heterocycles. The molecule has 0 saturated carbocycles. The lowest BCUT2D eigenvalue weighted by molar-refractivity contribution is 1.03. The van der Waals surface area contributed by atoms with Crippen LogP contribution in [0, 0.1) is 13.8 Å². The number of hydrogen-bond donors (Lipinski definition) is 2. The second-order valence-corrected chi connectivity index (χ2v) is 5.26. The van der Waals surface area contributed by atoms with Crippen LogP contribution in [0.2, 0.25) is 0 Å². The van der Waals surface area contributed by atoms with Crippen LogP contribution in [-0.2, 0) is 6.54 Å². The van der Waals surface area contributed by atoms with Crippen LogP contribution in [0.1, 0.15) is 22.4 Å². The molecule has 2 aromatic rings. The highest BCUT2D eigenvalue weighted by atomic mass is 32.1. The lowest BCUT2D eigenvalue weighted by Gasteiger charge is -2.10. The Hall–Kier alpha value is -1.69. The highest BCUT2D eigenvalue weighted by Crippen LogP contribution is 2.19. The molecule has 2 rings (SSSR count). The van der Waals surface area contributed by atoms with Gasteiger partial charge in [0, 0.05) is 23.2 Å². The van der Waals surface area contributed by atoms with Crippen molar-refractivity contribution in [3.05, 3.63) is 28.0 Å². The molecule has 0 aromatic carbocycles. The average Bonchev–Trinajstić information content (AvgIpc) is 2.77. The van der Waals surface area contributed by atoms with Gasteiger partial charge in [-0.2, -0.15) is 0 Å². The minimum atomic E-state index is 0.696. The molecule has 0 aliphatic rings. The van der Waals surface area contributed by atoms with Gasteiger partial charge in [0.1, 0.15) is 23.0 Å². The van der Waals surface area contributed by atoms with E-state index in [1.165, 1.54) is 4.88 Å². The van der Waals surface area contributed by atoms with E-state index in [-0.39, 0.29) is 0 Å². The van der Waals surface area contributed by atoms with Gasteiger partial charge in [0.25, 0.3) is 0 Å². The number of thiazole rings is 1. The van der Waals surface area contributed by atoms with Crippen LogP contribution in [0.25, 0.3) is 0 Å². The van der Waals surface area contributed by atoms with Gasteiger partial charge in [-0.1, -0.05) is 0 Å². The zero-order valence-corrected chi connectivity index (χ0v) is 11.6. The number of anilines is 2. The van der Waals surface area contributed by atoms with Crippen molar-refractivity contribution in [2.45, 2.75) is 27.3 Å². The molecule has 5 nitrogen and oxygen atoms in total. The fourth-order valence-electron chi connectivity index (χ4n) is 1.62. The zero-order valence-electron chi connectivity index (χ0n) is 10.8. The van der Waals surface area contributed by atoms with Crippen LogP contribution >= 0.6 is 11.3 Å². The van der Waals surface area contributed by atoms with Gasteiger partial charge in [-0.05, 0) is 20.8 Å². The molecule has 0 saturated heterocycles. The summed E-state index contributed by atoms with van der Waals surface area (Å²) in [5.74, 6) is 1.74. The molecule has 0 aliphatic heterocycles. The molecule has 0 fully saturated rings. The average molecular weight is 263 g/mol. The molecule has 0 atom stereocenters. The fraction of sp³-hybridized carbons (Fsp3) is 0.417. The molecule has 6 heteroatoms. The third-order valence-corrected chi connectivity index (χ3v) is 3.42. The molecule has 0 spiro atoms. The normalized spacial score (nSPS) is 10.4. The molecule has 0 amide bonds. The van der Waals surface area contributed by atoms with E-state index in [0.717, 1.165) is 28.8 Å². The Bertz CT molecular complexity index is 523. The standard InChI is InChI=1S/C12H17N5S/c1-4-13-11-9(3)12(17-7-16-11)15-6-10-14-5-8(2)18-10/h5,7H,4,6H2,1-3H3,(H2,13,15,16,17). The summed E-state index contributed by atoms with van der Waals surface area (Å²) in [4.78, 5) is 14.0. The smallest absolute Gasteiger partial charge is 0.134 e. The van der Waals surface area contributed by atoms with Gasteiger partial charge in [-0.3, -0.25) is 0 Å². The first-order chi connectivity index (χ1) is 8.70. The van der Waals surface area contributed by atoms with Crippen LogP contribution in [0.15, 0.2) is 12.5 Å². The first kappa shape index (κ1) is 12.8. The summed E-state index contributed by atoms with van der Waals surface area (Å²) in [7, 11) is 0. The van der Waals surface area contributed by atoms with E-state index < -0.39 is 0 Å². The van der Waals surface area contributed by atoms with E-state index in [1.807, 2.05) is 20.0 Å². The van der Waals surface area contributed by atoms with Gasteiger partial charge in [-0.15, -0.1) is 11.3 Å². The van der Waals surface area contributed by atoms with Crippen LogP contribution < -0.4 is 10.6 Å². The SMILES string of the molecule is CCNc1ncnc(NCc2ncc(C)s2)c1C. The Kier molecular flexibility index (Phi) is 4.09. The number of aromatic nitrogens is 3. The number of rotatable bonds is 5. The van der Waals surface area contributed by atoms with E-state index in [0.29, 0.717) is 6.54 Å². The van der Waals surface area contributed by atoms with E-state index in [1.54, 1.807) is 17.7 Å². The number of nitrogens with zero attached hydrogens (tertiary/aromatic N) is 3. The van der Waals surface area contributed by atoms with Gasteiger partial charge in [0.05, 0.1) is 6.54 Å². The predicted octanol–water partition coefficient (Wildman–Crippen LogP) is 2.59. The highest BCUT2D eigenvalue weighted by molar-refractivity contribution is 7.11. The summed E-state index contributed by atoms with van der Waals surface area (Å²) >= 11 is 1.69. The maximum atomic E-state index is 4.32. The Balaban J connectivity index is 2.07. The predicted molar refractivity (Wildman–Crippen MR) is 75.1 cm³/mol. The summed E-state index contributed by atoms with van der Waals surface area (Å²) in [5.41, 5.74) is 1.03. The molecule has 0 aliphatic carbocycles.